The minimum atomic E-state index is -4.83. The molecule has 188 valence electrons. The number of hydrogen-bond donors (Lipinski definition) is 0. The molecule has 12 heteroatoms. The average Bonchev–Trinajstić information content (AvgIpc) is 3.54. The number of piperazine rings is 1. The van der Waals surface area contributed by atoms with Crippen LogP contribution in [0.2, 0.25) is 0 Å². The summed E-state index contributed by atoms with van der Waals surface area (Å²) in [5.41, 5.74) is -1.27. The number of aryl methyl sites for hydroxylation is 1. The number of halogens is 3. The molecule has 0 saturated carbocycles. The van der Waals surface area contributed by atoms with Crippen molar-refractivity contribution in [2.45, 2.75) is 56.9 Å². The van der Waals surface area contributed by atoms with Crippen LogP contribution >= 0.6 is 0 Å². The number of imide groups is 1. The lowest BCUT2D eigenvalue weighted by Crippen LogP contribution is -2.55. The van der Waals surface area contributed by atoms with E-state index in [1.807, 2.05) is 20.8 Å². The van der Waals surface area contributed by atoms with E-state index in [0.717, 1.165) is 22.7 Å². The predicted molar refractivity (Wildman–Crippen MR) is 120 cm³/mol. The second kappa shape index (κ2) is 7.56. The zero-order chi connectivity index (χ0) is 26.3. The van der Waals surface area contributed by atoms with E-state index in [9.17, 15) is 27.6 Å². The van der Waals surface area contributed by atoms with E-state index in [2.05, 4.69) is 5.10 Å². The molecule has 3 fully saturated rings. The van der Waals surface area contributed by atoms with Gasteiger partial charge in [-0.15, -0.1) is 0 Å². The molecule has 3 aliphatic heterocycles. The monoisotopic (exact) mass is 500 g/mol. The van der Waals surface area contributed by atoms with Crippen LogP contribution in [0.25, 0.3) is 0 Å². The topological polar surface area (TPSA) is 103 Å². The van der Waals surface area contributed by atoms with E-state index in [0.29, 0.717) is 18.2 Å². The standard InChI is InChI=1S/C24H23F3N6O3/c1-23(2,3)18-9-17(30(4)29-18)20(34)31-11-14-8-16(31)19-21(35)33(22(36)32(14)19)13-6-5-12(10-28)15(7-13)24(25,26)27/h5-7,9,14,16,19H,8,11H2,1-4H3/t14-,16-,19-/m0/s1. The summed E-state index contributed by atoms with van der Waals surface area (Å²) in [4.78, 5) is 43.6. The van der Waals surface area contributed by atoms with Crippen LogP contribution in [0.5, 0.6) is 0 Å². The lowest BCUT2D eigenvalue weighted by Gasteiger charge is -2.34. The SMILES string of the molecule is Cn1nc(C(C)(C)C)cc1C(=O)N1C[C@@H]2C[C@H]1[C@H]1C(=O)N(c3ccc(C#N)c(C(F)(F)F)c3)C(=O)N21. The Morgan fingerprint density at radius 3 is 2.44 bits per heavy atom. The van der Waals surface area contributed by atoms with Gasteiger partial charge in [0.05, 0.1) is 40.7 Å². The number of amides is 4. The molecule has 0 aliphatic carbocycles. The summed E-state index contributed by atoms with van der Waals surface area (Å²) in [7, 11) is 1.66. The molecule has 4 amide bonds. The quantitative estimate of drug-likeness (QED) is 0.590. The fourth-order valence-electron chi connectivity index (χ4n) is 5.31. The fourth-order valence-corrected chi connectivity index (χ4v) is 5.31. The summed E-state index contributed by atoms with van der Waals surface area (Å²) in [6.45, 7) is 6.14. The molecule has 36 heavy (non-hydrogen) atoms. The van der Waals surface area contributed by atoms with Crippen LogP contribution < -0.4 is 4.90 Å². The van der Waals surface area contributed by atoms with E-state index in [1.165, 1.54) is 15.7 Å². The molecule has 2 aromatic rings. The van der Waals surface area contributed by atoms with Crippen LogP contribution in [0.15, 0.2) is 24.3 Å². The lowest BCUT2D eigenvalue weighted by molar-refractivity contribution is -0.137. The van der Waals surface area contributed by atoms with Gasteiger partial charge in [0.15, 0.2) is 0 Å². The van der Waals surface area contributed by atoms with Crippen LogP contribution in [0.3, 0.4) is 0 Å². The van der Waals surface area contributed by atoms with Gasteiger partial charge >= 0.3 is 12.2 Å². The highest BCUT2D eigenvalue weighted by atomic mass is 19.4. The van der Waals surface area contributed by atoms with Crippen molar-refractivity contribution in [2.75, 3.05) is 11.4 Å². The number of benzene rings is 1. The van der Waals surface area contributed by atoms with Crippen molar-refractivity contribution in [1.29, 1.82) is 5.26 Å². The largest absolute Gasteiger partial charge is 0.417 e. The van der Waals surface area contributed by atoms with Crippen LogP contribution in [-0.4, -0.2) is 62.1 Å². The molecule has 0 spiro atoms. The number of nitrogens with zero attached hydrogens (tertiary/aromatic N) is 6. The molecule has 0 unspecified atom stereocenters. The van der Waals surface area contributed by atoms with Crippen LogP contribution in [0.4, 0.5) is 23.7 Å². The molecule has 2 bridgehead atoms. The molecule has 1 aromatic carbocycles. The number of likely N-dealkylation sites (tertiary alicyclic amines) is 1. The maximum absolute atomic E-state index is 13.5. The number of aromatic nitrogens is 2. The Labute approximate surface area is 204 Å². The van der Waals surface area contributed by atoms with E-state index >= 15 is 0 Å². The third kappa shape index (κ3) is 3.37. The van der Waals surface area contributed by atoms with Gasteiger partial charge < -0.3 is 9.80 Å². The molecule has 5 rings (SSSR count). The Morgan fingerprint density at radius 1 is 1.17 bits per heavy atom. The van der Waals surface area contributed by atoms with Crippen molar-refractivity contribution < 1.29 is 27.6 Å². The first-order valence-corrected chi connectivity index (χ1v) is 11.4. The Balaban J connectivity index is 1.45. The van der Waals surface area contributed by atoms with Crippen LogP contribution in [0, 0.1) is 11.3 Å². The maximum atomic E-state index is 13.5. The molecule has 9 nitrogen and oxygen atoms in total. The second-order valence-corrected chi connectivity index (χ2v) is 10.4. The number of urea groups is 1. The molecule has 0 radical (unpaired) electrons. The van der Waals surface area contributed by atoms with Crippen molar-refractivity contribution in [1.82, 2.24) is 19.6 Å². The lowest BCUT2D eigenvalue weighted by atomic mass is 9.92. The van der Waals surface area contributed by atoms with Gasteiger partial charge in [-0.2, -0.15) is 23.5 Å². The number of alkyl halides is 3. The molecular formula is C24H23F3N6O3. The third-order valence-electron chi connectivity index (χ3n) is 7.08. The number of rotatable bonds is 2. The van der Waals surface area contributed by atoms with Crippen molar-refractivity contribution in [3.8, 4) is 6.07 Å². The third-order valence-corrected chi connectivity index (χ3v) is 7.08. The molecule has 3 atom stereocenters. The number of nitriles is 1. The van der Waals surface area contributed by atoms with Crippen molar-refractivity contribution in [3.05, 3.63) is 46.8 Å². The van der Waals surface area contributed by atoms with Gasteiger partial charge in [-0.1, -0.05) is 20.8 Å². The minimum absolute atomic E-state index is 0.212. The predicted octanol–water partition coefficient (Wildman–Crippen LogP) is 3.04. The zero-order valence-electron chi connectivity index (χ0n) is 20.0. The van der Waals surface area contributed by atoms with E-state index in [1.54, 1.807) is 18.0 Å². The molecule has 4 heterocycles. The fraction of sp³-hybridized carbons (Fsp3) is 0.458. The van der Waals surface area contributed by atoms with Gasteiger partial charge in [0, 0.05) is 19.0 Å². The summed E-state index contributed by atoms with van der Waals surface area (Å²) >= 11 is 0. The number of hydrogen-bond acceptors (Lipinski definition) is 5. The Morgan fingerprint density at radius 2 is 1.86 bits per heavy atom. The molecule has 1 aromatic heterocycles. The molecule has 3 aliphatic rings. The number of anilines is 1. The van der Waals surface area contributed by atoms with Crippen LogP contribution in [0.1, 0.15) is 54.5 Å². The summed E-state index contributed by atoms with van der Waals surface area (Å²) in [6, 6.07) is 3.21. The minimum Gasteiger partial charge on any atom is -0.330 e. The highest BCUT2D eigenvalue weighted by molar-refractivity contribution is 6.22. The molecule has 3 saturated heterocycles. The zero-order valence-corrected chi connectivity index (χ0v) is 20.0. The molecular weight excluding hydrogens is 477 g/mol. The highest BCUT2D eigenvalue weighted by Gasteiger charge is 2.63. The Kier molecular flexibility index (Phi) is 5.01. The summed E-state index contributed by atoms with van der Waals surface area (Å²) in [6.07, 6.45) is -4.42. The first-order valence-electron chi connectivity index (χ1n) is 11.4. The summed E-state index contributed by atoms with van der Waals surface area (Å²) < 4.78 is 41.9. The van der Waals surface area contributed by atoms with Gasteiger partial charge in [-0.3, -0.25) is 14.3 Å². The van der Waals surface area contributed by atoms with Crippen LogP contribution in [-0.2, 0) is 23.4 Å². The van der Waals surface area contributed by atoms with Gasteiger partial charge in [0.25, 0.3) is 11.8 Å². The number of carbonyl (C=O) groups excluding carboxylic acids is 3. The van der Waals surface area contributed by atoms with E-state index in [4.69, 9.17) is 5.26 Å². The Hall–Kier alpha value is -3.88. The van der Waals surface area contributed by atoms with Gasteiger partial charge in [-0.25, -0.2) is 9.69 Å². The smallest absolute Gasteiger partial charge is 0.330 e. The first kappa shape index (κ1) is 23.8. The molecule has 0 N–H and O–H groups in total. The number of fused-ring (bicyclic) bond motifs is 5. The first-order chi connectivity index (χ1) is 16.7. The second-order valence-electron chi connectivity index (χ2n) is 10.4. The average molecular weight is 500 g/mol. The van der Waals surface area contributed by atoms with E-state index < -0.39 is 47.4 Å². The van der Waals surface area contributed by atoms with E-state index in [-0.39, 0.29) is 23.6 Å². The summed E-state index contributed by atoms with van der Waals surface area (Å²) in [5.74, 6) is -1.01. The van der Waals surface area contributed by atoms with Gasteiger partial charge in [0.1, 0.15) is 11.7 Å². The summed E-state index contributed by atoms with van der Waals surface area (Å²) in [5, 5.41) is 13.5. The van der Waals surface area contributed by atoms with Crippen molar-refractivity contribution in [2.24, 2.45) is 7.05 Å². The maximum Gasteiger partial charge on any atom is 0.417 e. The normalized spacial score (nSPS) is 23.5. The van der Waals surface area contributed by atoms with Crippen molar-refractivity contribution >= 4 is 23.5 Å². The van der Waals surface area contributed by atoms with Gasteiger partial charge in [-0.05, 0) is 30.7 Å². The highest BCUT2D eigenvalue weighted by Crippen LogP contribution is 2.44. The van der Waals surface area contributed by atoms with Gasteiger partial charge in [0.2, 0.25) is 0 Å². The number of carbonyl (C=O) groups is 3. The Bertz CT molecular complexity index is 1350. The van der Waals surface area contributed by atoms with Crippen molar-refractivity contribution in [3.63, 3.8) is 0 Å².